The van der Waals surface area contributed by atoms with Crippen LogP contribution in [0.4, 0.5) is 13.6 Å². The van der Waals surface area contributed by atoms with E-state index in [0.717, 1.165) is 6.42 Å². The van der Waals surface area contributed by atoms with Gasteiger partial charge in [0.2, 0.25) is 21.8 Å². The van der Waals surface area contributed by atoms with Crippen LogP contribution in [0.2, 0.25) is 0 Å². The van der Waals surface area contributed by atoms with E-state index in [0.29, 0.717) is 48.5 Å². The number of nitrogens with one attached hydrogen (secondary N) is 3. The highest BCUT2D eigenvalue weighted by atomic mass is 32.2. The Hall–Kier alpha value is -5.32. The standard InChI is InChI=1S/C41H45F2N5O9S/c1-40(2,3)57-39(52)45-30-10-8-6-4-5-7-9-22-20-41(22,38(51)47-58(53,54)26-13-14-26)46-36(49)31-19-25(21-48(31)37(30)50)55-34-28-17-23(42)12-16-29(28)44-33-27-15-11-24(43)18-32(27)56-35(33)34/h7,9,11-12,15-18,22,25-26,30-31H,4-6,8,10,13-14,19-21H2,1-3H3,(H,45,52)(H,46,49)(H,47,51)/b9-7-/t22-,25+,30-,31-,41+/m0/s1. The highest BCUT2D eigenvalue weighted by molar-refractivity contribution is 7.91. The van der Waals surface area contributed by atoms with Gasteiger partial charge in [0.05, 0.1) is 17.3 Å². The number of ether oxygens (including phenoxy) is 2. The Morgan fingerprint density at radius 3 is 2.53 bits per heavy atom. The third kappa shape index (κ3) is 7.92. The number of pyridine rings is 1. The molecule has 0 unspecified atom stereocenters. The molecule has 4 aromatic rings. The lowest BCUT2D eigenvalue weighted by Crippen LogP contribution is -2.58. The van der Waals surface area contributed by atoms with Crippen molar-refractivity contribution < 1.29 is 50.3 Å². The van der Waals surface area contributed by atoms with Gasteiger partial charge in [0.25, 0.3) is 5.91 Å². The maximum Gasteiger partial charge on any atom is 0.408 e. The Morgan fingerprint density at radius 1 is 1.02 bits per heavy atom. The summed E-state index contributed by atoms with van der Waals surface area (Å²) in [6.45, 7) is 4.90. The topological polar surface area (TPSA) is 186 Å². The molecule has 4 heterocycles. The molecule has 1 saturated heterocycles. The molecule has 2 aliphatic carbocycles. The van der Waals surface area contributed by atoms with Crippen molar-refractivity contribution in [2.75, 3.05) is 6.54 Å². The smallest absolute Gasteiger partial charge is 0.408 e. The number of sulfonamides is 1. The number of amides is 4. The molecule has 0 radical (unpaired) electrons. The number of rotatable bonds is 6. The Bertz CT molecular complexity index is 2480. The maximum absolute atomic E-state index is 14.8. The van der Waals surface area contributed by atoms with Crippen molar-refractivity contribution in [1.29, 1.82) is 0 Å². The van der Waals surface area contributed by atoms with Crippen molar-refractivity contribution in [3.8, 4) is 5.75 Å². The number of halogens is 2. The average molecular weight is 822 g/mol. The molecular formula is C41H45F2N5O9S. The molecule has 5 atom stereocenters. The van der Waals surface area contributed by atoms with E-state index in [1.807, 2.05) is 12.2 Å². The van der Waals surface area contributed by atoms with Gasteiger partial charge in [0.1, 0.15) is 52.1 Å². The number of aromatic nitrogens is 1. The summed E-state index contributed by atoms with van der Waals surface area (Å²) in [7, 11) is -3.96. The van der Waals surface area contributed by atoms with E-state index in [1.54, 1.807) is 20.8 Å². The van der Waals surface area contributed by atoms with Crippen LogP contribution in [0.25, 0.3) is 33.0 Å². The van der Waals surface area contributed by atoms with E-state index in [2.05, 4.69) is 20.3 Å². The van der Waals surface area contributed by atoms with Crippen molar-refractivity contribution in [3.05, 3.63) is 60.2 Å². The number of benzene rings is 2. The van der Waals surface area contributed by atoms with Crippen LogP contribution in [0.5, 0.6) is 5.75 Å². The van der Waals surface area contributed by atoms with Crippen LogP contribution in [0.3, 0.4) is 0 Å². The Morgan fingerprint density at radius 2 is 1.78 bits per heavy atom. The molecule has 3 fully saturated rings. The van der Waals surface area contributed by atoms with Gasteiger partial charge in [-0.3, -0.25) is 19.1 Å². The largest absolute Gasteiger partial charge is 0.484 e. The predicted octanol–water partition coefficient (Wildman–Crippen LogP) is 5.66. The van der Waals surface area contributed by atoms with Gasteiger partial charge >= 0.3 is 6.09 Å². The van der Waals surface area contributed by atoms with Crippen LogP contribution in [0.15, 0.2) is 53.0 Å². The molecule has 14 nitrogen and oxygen atoms in total. The fourth-order valence-electron chi connectivity index (χ4n) is 7.93. The lowest BCUT2D eigenvalue weighted by molar-refractivity contribution is -0.141. The second kappa shape index (κ2) is 14.8. The zero-order valence-corrected chi connectivity index (χ0v) is 33.1. The van der Waals surface area contributed by atoms with Crippen molar-refractivity contribution >= 4 is 66.8 Å². The average Bonchev–Trinajstić information content (AvgIpc) is 4.05. The first kappa shape index (κ1) is 39.5. The highest BCUT2D eigenvalue weighted by Gasteiger charge is 2.62. The first-order valence-electron chi connectivity index (χ1n) is 19.6. The molecule has 0 spiro atoms. The minimum atomic E-state index is -3.96. The zero-order chi connectivity index (χ0) is 41.1. The number of nitrogens with zero attached hydrogens (tertiary/aromatic N) is 2. The molecule has 2 aliphatic heterocycles. The van der Waals surface area contributed by atoms with Gasteiger partial charge in [-0.05, 0) is 89.6 Å². The number of fused-ring (bicyclic) bond motifs is 6. The van der Waals surface area contributed by atoms with Crippen molar-refractivity contribution in [3.63, 3.8) is 0 Å². The summed E-state index contributed by atoms with van der Waals surface area (Å²) < 4.78 is 75.2. The molecule has 17 heteroatoms. The first-order valence-corrected chi connectivity index (χ1v) is 21.2. The highest BCUT2D eigenvalue weighted by Crippen LogP contribution is 2.46. The van der Waals surface area contributed by atoms with Crippen LogP contribution in [0, 0.1) is 17.6 Å². The molecule has 58 heavy (non-hydrogen) atoms. The normalized spacial score (nSPS) is 26.3. The second-order valence-electron chi connectivity index (χ2n) is 16.7. The third-order valence-electron chi connectivity index (χ3n) is 11.1. The number of hydrogen-bond acceptors (Lipinski definition) is 10. The third-order valence-corrected chi connectivity index (χ3v) is 12.9. The molecular weight excluding hydrogens is 777 g/mol. The summed E-state index contributed by atoms with van der Waals surface area (Å²) in [5.74, 6) is -3.75. The summed E-state index contributed by atoms with van der Waals surface area (Å²) >= 11 is 0. The summed E-state index contributed by atoms with van der Waals surface area (Å²) in [5, 5.41) is 5.57. The van der Waals surface area contributed by atoms with Gasteiger partial charge < -0.3 is 29.4 Å². The van der Waals surface area contributed by atoms with E-state index in [9.17, 15) is 36.4 Å². The molecule has 2 aromatic carbocycles. The van der Waals surface area contributed by atoms with E-state index in [1.165, 1.54) is 41.3 Å². The van der Waals surface area contributed by atoms with Crippen LogP contribution in [-0.4, -0.2) is 83.2 Å². The minimum absolute atomic E-state index is 0.0636. The molecule has 8 rings (SSSR count). The van der Waals surface area contributed by atoms with Gasteiger partial charge in [0, 0.05) is 29.2 Å². The fraction of sp³-hybridized carbons (Fsp3) is 0.488. The SMILES string of the molecule is CC(C)(C)OC(=O)N[C@H]1CCCCC/C=C\[C@H]2C[C@@]2(C(=O)NS(=O)(=O)C2CC2)NC(=O)[C@@H]2C[C@@H](Oc3c4cc(F)ccc4nc4c3oc3cc(F)ccc34)CN2C1=O. The monoisotopic (exact) mass is 821 g/mol. The maximum atomic E-state index is 14.8. The molecule has 3 N–H and O–H groups in total. The van der Waals surface area contributed by atoms with E-state index < -0.39 is 86.0 Å². The number of furan rings is 1. The predicted molar refractivity (Wildman–Crippen MR) is 208 cm³/mol. The lowest BCUT2D eigenvalue weighted by Gasteiger charge is -2.30. The van der Waals surface area contributed by atoms with Crippen molar-refractivity contribution in [2.24, 2.45) is 5.92 Å². The Kier molecular flexibility index (Phi) is 10.1. The lowest BCUT2D eigenvalue weighted by atomic mass is 10.0. The first-order chi connectivity index (χ1) is 27.5. The quantitative estimate of drug-likeness (QED) is 0.205. The summed E-state index contributed by atoms with van der Waals surface area (Å²) in [6.07, 6.45) is 5.74. The minimum Gasteiger partial charge on any atom is -0.484 e. The zero-order valence-electron chi connectivity index (χ0n) is 32.3. The van der Waals surface area contributed by atoms with Crippen LogP contribution in [0.1, 0.15) is 78.6 Å². The Balaban J connectivity index is 1.16. The summed E-state index contributed by atoms with van der Waals surface area (Å²) in [4.78, 5) is 62.0. The van der Waals surface area contributed by atoms with E-state index in [4.69, 9.17) is 13.9 Å². The summed E-state index contributed by atoms with van der Waals surface area (Å²) in [5.41, 5.74) is -1.50. The molecule has 4 aliphatic rings. The van der Waals surface area contributed by atoms with Gasteiger partial charge in [-0.15, -0.1) is 0 Å². The van der Waals surface area contributed by atoms with Gasteiger partial charge in [0.15, 0.2) is 11.3 Å². The Labute approximate surface area is 333 Å². The fourth-order valence-corrected chi connectivity index (χ4v) is 9.30. The number of carbonyl (C=O) groups is 4. The van der Waals surface area contributed by atoms with Gasteiger partial charge in [-0.2, -0.15) is 0 Å². The van der Waals surface area contributed by atoms with Crippen LogP contribution >= 0.6 is 0 Å². The molecule has 2 saturated carbocycles. The second-order valence-corrected chi connectivity index (χ2v) is 18.7. The number of carbonyl (C=O) groups excluding carboxylic acids is 4. The number of hydrogen-bond donors (Lipinski definition) is 3. The molecule has 4 amide bonds. The molecule has 308 valence electrons. The van der Waals surface area contributed by atoms with Crippen molar-refractivity contribution in [1.82, 2.24) is 25.2 Å². The van der Waals surface area contributed by atoms with E-state index in [-0.39, 0.29) is 48.1 Å². The van der Waals surface area contributed by atoms with Crippen LogP contribution < -0.4 is 20.1 Å². The number of alkyl carbamates (subject to hydrolysis) is 1. The van der Waals surface area contributed by atoms with E-state index >= 15 is 0 Å². The summed E-state index contributed by atoms with van der Waals surface area (Å²) in [6, 6.07) is 5.53. The van der Waals surface area contributed by atoms with Gasteiger partial charge in [-0.25, -0.2) is 27.0 Å². The van der Waals surface area contributed by atoms with Crippen molar-refractivity contribution in [2.45, 2.75) is 113 Å². The molecule has 2 aromatic heterocycles. The molecule has 0 bridgehead atoms. The van der Waals surface area contributed by atoms with Crippen LogP contribution in [-0.2, 0) is 29.1 Å². The van der Waals surface area contributed by atoms with Gasteiger partial charge in [-0.1, -0.05) is 25.0 Å². The number of allylic oxidation sites excluding steroid dienone is 1.